The van der Waals surface area contributed by atoms with E-state index >= 15 is 0 Å². The number of ether oxygens (including phenoxy) is 1. The van der Waals surface area contributed by atoms with E-state index in [2.05, 4.69) is 41.9 Å². The average Bonchev–Trinajstić information content (AvgIpc) is 3.32. The molecule has 0 spiro atoms. The maximum absolute atomic E-state index is 5.21. The van der Waals surface area contributed by atoms with Gasteiger partial charge in [0.2, 0.25) is 0 Å². The van der Waals surface area contributed by atoms with Crippen molar-refractivity contribution in [2.24, 2.45) is 0 Å². The topological polar surface area (TPSA) is 35.0 Å². The molecule has 5 heteroatoms. The van der Waals surface area contributed by atoms with Crippen molar-refractivity contribution in [1.29, 1.82) is 0 Å². The molecule has 25 heavy (non-hydrogen) atoms. The first-order chi connectivity index (χ1) is 12.2. The van der Waals surface area contributed by atoms with Crippen LogP contribution in [0.4, 0.5) is 0 Å². The summed E-state index contributed by atoms with van der Waals surface area (Å²) in [6, 6.07) is 16.4. The Morgan fingerprint density at radius 2 is 1.20 bits per heavy atom. The van der Waals surface area contributed by atoms with Gasteiger partial charge in [-0.1, -0.05) is 29.8 Å². The van der Waals surface area contributed by atoms with Crippen molar-refractivity contribution < 1.29 is 4.74 Å². The van der Waals surface area contributed by atoms with Crippen molar-refractivity contribution in [3.8, 4) is 38.3 Å². The largest absolute Gasteiger partial charge is 0.497 e. The summed E-state index contributed by atoms with van der Waals surface area (Å²) in [5.74, 6) is 0.849. The second-order valence-corrected chi connectivity index (χ2v) is 7.39. The van der Waals surface area contributed by atoms with Crippen molar-refractivity contribution in [3.05, 3.63) is 64.9 Å². The minimum atomic E-state index is 0.849. The SMILES string of the molecule is COc1ccc(-c2csc(-c3nc(-c4ccc(C)cc4)cs3)n2)cc1. The summed E-state index contributed by atoms with van der Waals surface area (Å²) in [6.45, 7) is 2.09. The molecule has 0 saturated carbocycles. The molecule has 0 aliphatic heterocycles. The Morgan fingerprint density at radius 1 is 0.720 bits per heavy atom. The standard InChI is InChI=1S/C20H16N2OS2/c1-13-3-5-14(6-4-13)17-11-24-19(21-17)20-22-18(12-25-20)15-7-9-16(23-2)10-8-15/h3-12H,1-2H3. The molecule has 0 amide bonds. The normalized spacial score (nSPS) is 10.8. The molecule has 4 rings (SSSR count). The molecule has 0 aliphatic rings. The van der Waals surface area contributed by atoms with Gasteiger partial charge in [0.25, 0.3) is 0 Å². The lowest BCUT2D eigenvalue weighted by Crippen LogP contribution is -1.83. The van der Waals surface area contributed by atoms with Crippen LogP contribution in [-0.4, -0.2) is 17.1 Å². The Bertz CT molecular complexity index is 985. The molecule has 0 fully saturated rings. The summed E-state index contributed by atoms with van der Waals surface area (Å²) in [5, 5.41) is 6.08. The highest BCUT2D eigenvalue weighted by Gasteiger charge is 2.11. The van der Waals surface area contributed by atoms with Crippen LogP contribution in [0, 0.1) is 6.92 Å². The van der Waals surface area contributed by atoms with Crippen LogP contribution in [-0.2, 0) is 0 Å². The molecule has 0 bridgehead atoms. The van der Waals surface area contributed by atoms with Gasteiger partial charge in [-0.3, -0.25) is 0 Å². The molecule has 2 heterocycles. The minimum Gasteiger partial charge on any atom is -0.497 e. The van der Waals surface area contributed by atoms with Crippen molar-refractivity contribution in [2.45, 2.75) is 6.92 Å². The lowest BCUT2D eigenvalue weighted by Gasteiger charge is -2.00. The summed E-state index contributed by atoms with van der Waals surface area (Å²) in [7, 11) is 1.67. The third-order valence-electron chi connectivity index (χ3n) is 3.92. The van der Waals surface area contributed by atoms with Crippen molar-refractivity contribution >= 4 is 22.7 Å². The van der Waals surface area contributed by atoms with E-state index in [0.717, 1.165) is 38.3 Å². The number of nitrogens with zero attached hydrogens (tertiary/aromatic N) is 2. The van der Waals surface area contributed by atoms with Crippen molar-refractivity contribution in [3.63, 3.8) is 0 Å². The molecule has 0 N–H and O–H groups in total. The van der Waals surface area contributed by atoms with Crippen molar-refractivity contribution in [2.75, 3.05) is 7.11 Å². The number of hydrogen-bond donors (Lipinski definition) is 0. The molecule has 0 radical (unpaired) electrons. The number of benzene rings is 2. The molecule has 0 saturated heterocycles. The quantitative estimate of drug-likeness (QED) is 0.451. The van der Waals surface area contributed by atoms with Gasteiger partial charge in [0.1, 0.15) is 5.75 Å². The van der Waals surface area contributed by atoms with Gasteiger partial charge < -0.3 is 4.74 Å². The van der Waals surface area contributed by atoms with Crippen LogP contribution < -0.4 is 4.74 Å². The lowest BCUT2D eigenvalue weighted by atomic mass is 10.1. The predicted octanol–water partition coefficient (Wildman–Crippen LogP) is 5.92. The van der Waals surface area contributed by atoms with Crippen LogP contribution in [0.5, 0.6) is 5.75 Å². The van der Waals surface area contributed by atoms with E-state index in [9.17, 15) is 0 Å². The van der Waals surface area contributed by atoms with E-state index in [-0.39, 0.29) is 0 Å². The summed E-state index contributed by atoms with van der Waals surface area (Å²) in [4.78, 5) is 9.51. The molecule has 0 atom stereocenters. The van der Waals surface area contributed by atoms with Gasteiger partial charge >= 0.3 is 0 Å². The van der Waals surface area contributed by atoms with Crippen LogP contribution in [0.3, 0.4) is 0 Å². The van der Waals surface area contributed by atoms with E-state index in [4.69, 9.17) is 14.7 Å². The number of aromatic nitrogens is 2. The van der Waals surface area contributed by atoms with Crippen LogP contribution in [0.25, 0.3) is 32.5 Å². The highest BCUT2D eigenvalue weighted by atomic mass is 32.1. The number of hydrogen-bond acceptors (Lipinski definition) is 5. The predicted molar refractivity (Wildman–Crippen MR) is 105 cm³/mol. The first-order valence-corrected chi connectivity index (χ1v) is 9.62. The Kier molecular flexibility index (Phi) is 4.34. The number of methoxy groups -OCH3 is 1. The zero-order chi connectivity index (χ0) is 17.2. The van der Waals surface area contributed by atoms with Gasteiger partial charge in [-0.2, -0.15) is 0 Å². The Morgan fingerprint density at radius 3 is 1.68 bits per heavy atom. The number of thiazole rings is 2. The Labute approximate surface area is 154 Å². The molecule has 0 aliphatic carbocycles. The van der Waals surface area contributed by atoms with Crippen LogP contribution in [0.1, 0.15) is 5.56 Å². The van der Waals surface area contributed by atoms with Gasteiger partial charge in [-0.05, 0) is 31.2 Å². The molecule has 0 unspecified atom stereocenters. The highest BCUT2D eigenvalue weighted by molar-refractivity contribution is 7.20. The maximum Gasteiger partial charge on any atom is 0.152 e. The maximum atomic E-state index is 5.21. The first-order valence-electron chi connectivity index (χ1n) is 7.86. The minimum absolute atomic E-state index is 0.849. The third kappa shape index (κ3) is 3.34. The molecular weight excluding hydrogens is 348 g/mol. The van der Waals surface area contributed by atoms with E-state index < -0.39 is 0 Å². The monoisotopic (exact) mass is 364 g/mol. The summed E-state index contributed by atoms with van der Waals surface area (Å²) >= 11 is 3.26. The number of aryl methyl sites for hydroxylation is 1. The van der Waals surface area contributed by atoms with Crippen LogP contribution >= 0.6 is 22.7 Å². The third-order valence-corrected chi connectivity index (χ3v) is 5.75. The highest BCUT2D eigenvalue weighted by Crippen LogP contribution is 2.33. The van der Waals surface area contributed by atoms with Crippen LogP contribution in [0.2, 0.25) is 0 Å². The summed E-state index contributed by atoms with van der Waals surface area (Å²) < 4.78 is 5.21. The Balaban J connectivity index is 1.60. The van der Waals surface area contributed by atoms with E-state index in [1.165, 1.54) is 5.56 Å². The van der Waals surface area contributed by atoms with E-state index in [0.29, 0.717) is 0 Å². The van der Waals surface area contributed by atoms with Gasteiger partial charge in [-0.25, -0.2) is 9.97 Å². The van der Waals surface area contributed by atoms with Crippen molar-refractivity contribution in [1.82, 2.24) is 9.97 Å². The summed E-state index contributed by atoms with van der Waals surface area (Å²) in [5.41, 5.74) is 5.44. The van der Waals surface area contributed by atoms with E-state index in [1.807, 2.05) is 24.3 Å². The van der Waals surface area contributed by atoms with E-state index in [1.54, 1.807) is 29.8 Å². The Hall–Kier alpha value is -2.50. The zero-order valence-electron chi connectivity index (χ0n) is 13.9. The fourth-order valence-electron chi connectivity index (χ4n) is 2.50. The average molecular weight is 364 g/mol. The smallest absolute Gasteiger partial charge is 0.152 e. The lowest BCUT2D eigenvalue weighted by molar-refractivity contribution is 0.415. The molecule has 124 valence electrons. The van der Waals surface area contributed by atoms with Gasteiger partial charge in [0.05, 0.1) is 18.5 Å². The fourth-order valence-corrected chi connectivity index (χ4v) is 4.20. The molecule has 2 aromatic carbocycles. The second-order valence-electron chi connectivity index (χ2n) is 5.67. The fraction of sp³-hybridized carbons (Fsp3) is 0.100. The molecule has 4 aromatic rings. The second kappa shape index (κ2) is 6.78. The molecular formula is C20H16N2OS2. The number of rotatable bonds is 4. The van der Waals surface area contributed by atoms with Gasteiger partial charge in [-0.15, -0.1) is 22.7 Å². The van der Waals surface area contributed by atoms with Crippen LogP contribution in [0.15, 0.2) is 59.3 Å². The molecule has 2 aromatic heterocycles. The van der Waals surface area contributed by atoms with Gasteiger partial charge in [0.15, 0.2) is 10.0 Å². The molecule has 3 nitrogen and oxygen atoms in total. The van der Waals surface area contributed by atoms with Gasteiger partial charge in [0, 0.05) is 21.9 Å². The first kappa shape index (κ1) is 16.0. The zero-order valence-corrected chi connectivity index (χ0v) is 15.5. The summed E-state index contributed by atoms with van der Waals surface area (Å²) in [6.07, 6.45) is 0.